The summed E-state index contributed by atoms with van der Waals surface area (Å²) in [5.74, 6) is 6.74. The minimum atomic E-state index is -2.08. The van der Waals surface area contributed by atoms with Gasteiger partial charge >= 0.3 is 5.97 Å². The molecule has 1 amide bonds. The SMILES string of the molecule is C=C(C)[C@@H]1CC[C@]2(NC(=O)C(c3cccs3)N3CCS(=C)(=O)CC3)CC[C@]3(C)[C@H](CC[C@@H]4[C@@]5(C)CC=C(c6ccc(C(=O)O)cc6)C(C)(C)[C@@H]5CC[C@]43C)[C@@H]12. The molecule has 2 heterocycles. The van der Waals surface area contributed by atoms with Gasteiger partial charge in [0, 0.05) is 35.0 Å². The fraction of sp³-hybridized carbons (Fsp3) is 0.638. The van der Waals surface area contributed by atoms with E-state index in [4.69, 9.17) is 0 Å². The molecule has 8 rings (SSSR count). The van der Waals surface area contributed by atoms with Crippen molar-refractivity contribution in [3.05, 3.63) is 76.0 Å². The number of carbonyl (C=O) groups excluding carboxylic acids is 1. The summed E-state index contributed by atoms with van der Waals surface area (Å²) in [6.45, 7) is 20.9. The highest BCUT2D eigenvalue weighted by Crippen LogP contribution is 2.76. The molecule has 6 nitrogen and oxygen atoms in total. The van der Waals surface area contributed by atoms with Crippen LogP contribution in [-0.4, -0.2) is 62.1 Å². The highest BCUT2D eigenvalue weighted by Gasteiger charge is 2.70. The van der Waals surface area contributed by atoms with E-state index in [2.05, 4.69) is 81.7 Å². The predicted octanol–water partition coefficient (Wildman–Crippen LogP) is 9.74. The number of fused-ring (bicyclic) bond motifs is 7. The minimum absolute atomic E-state index is 0.0308. The third kappa shape index (κ3) is 5.99. The zero-order valence-electron chi connectivity index (χ0n) is 34.1. The smallest absolute Gasteiger partial charge is 0.335 e. The van der Waals surface area contributed by atoms with Gasteiger partial charge in [-0.25, -0.2) is 4.79 Å². The standard InChI is InChI=1S/C47H64N2O4S2/c1-30(2)33-17-22-47(48-41(50)40(36-10-9-27-54-36)49-25-28-55(8,53)29-26-49)24-23-45(6)35(39(33)47)15-16-38-44(5)20-18-34(31-11-13-32(14-12-31)42(51)52)43(3,4)37(44)19-21-46(38,45)7/h9-14,18,27,33,35,37-40H,1,8,15-17,19-26,28-29H2,2-7H3,(H,48,50)(H,51,52)/t33-,35+,37-,38+,39+,40?,44-,45+,46+,47-/m0/s1. The Morgan fingerprint density at radius 3 is 2.27 bits per heavy atom. The highest BCUT2D eigenvalue weighted by atomic mass is 32.2. The van der Waals surface area contributed by atoms with Gasteiger partial charge in [0.25, 0.3) is 0 Å². The van der Waals surface area contributed by atoms with Gasteiger partial charge < -0.3 is 10.4 Å². The zero-order valence-corrected chi connectivity index (χ0v) is 35.8. The summed E-state index contributed by atoms with van der Waals surface area (Å²) < 4.78 is 12.9. The van der Waals surface area contributed by atoms with E-state index >= 15 is 0 Å². The number of nitrogens with zero attached hydrogens (tertiary/aromatic N) is 1. The van der Waals surface area contributed by atoms with E-state index in [0.29, 0.717) is 59.7 Å². The Bertz CT molecular complexity index is 1990. The number of carboxylic acids is 1. The Balaban J connectivity index is 1.10. The molecule has 2 aromatic rings. The lowest BCUT2D eigenvalue weighted by atomic mass is 9.33. The van der Waals surface area contributed by atoms with Crippen LogP contribution in [0.4, 0.5) is 0 Å². The number of hydrogen-bond acceptors (Lipinski definition) is 5. The summed E-state index contributed by atoms with van der Waals surface area (Å²) >= 11 is 1.65. The summed E-state index contributed by atoms with van der Waals surface area (Å²) in [6.07, 6.45) is 12.6. The molecule has 1 unspecified atom stereocenters. The molecule has 1 saturated heterocycles. The molecule has 298 valence electrons. The summed E-state index contributed by atoms with van der Waals surface area (Å²) in [7, 11) is -2.08. The Morgan fingerprint density at radius 1 is 0.927 bits per heavy atom. The van der Waals surface area contributed by atoms with Gasteiger partial charge in [-0.3, -0.25) is 13.9 Å². The lowest BCUT2D eigenvalue weighted by Gasteiger charge is -2.72. The molecule has 8 heteroatoms. The summed E-state index contributed by atoms with van der Waals surface area (Å²) in [6, 6.07) is 11.3. The van der Waals surface area contributed by atoms with E-state index in [9.17, 15) is 18.9 Å². The third-order valence-corrected chi connectivity index (χ3v) is 20.2. The average molecular weight is 785 g/mol. The molecule has 1 aromatic carbocycles. The topological polar surface area (TPSA) is 86.7 Å². The molecule has 1 aliphatic heterocycles. The van der Waals surface area contributed by atoms with Crippen molar-refractivity contribution >= 4 is 44.2 Å². The number of carboxylic acid groups (broad SMARTS) is 1. The first-order valence-corrected chi connectivity index (χ1v) is 23.9. The molecule has 6 aliphatic rings. The largest absolute Gasteiger partial charge is 0.478 e. The lowest BCUT2D eigenvalue weighted by molar-refractivity contribution is -0.219. The van der Waals surface area contributed by atoms with Crippen LogP contribution in [0.3, 0.4) is 0 Å². The van der Waals surface area contributed by atoms with Gasteiger partial charge in [-0.05, 0) is 166 Å². The van der Waals surface area contributed by atoms with Crippen molar-refractivity contribution in [1.82, 2.24) is 10.2 Å². The number of hydrogen-bond donors (Lipinski definition) is 2. The Labute approximate surface area is 334 Å². The van der Waals surface area contributed by atoms with Crippen LogP contribution in [0.5, 0.6) is 0 Å². The van der Waals surface area contributed by atoms with Gasteiger partial charge in [0.15, 0.2) is 0 Å². The average Bonchev–Trinajstić information content (AvgIpc) is 3.78. The summed E-state index contributed by atoms with van der Waals surface area (Å²) in [5, 5.41) is 15.5. The maximum atomic E-state index is 14.9. The van der Waals surface area contributed by atoms with Crippen molar-refractivity contribution in [2.75, 3.05) is 24.6 Å². The summed E-state index contributed by atoms with van der Waals surface area (Å²) in [4.78, 5) is 29.8. The third-order valence-electron chi connectivity index (χ3n) is 17.4. The number of benzene rings is 1. The number of allylic oxidation sites excluding steroid dienone is 3. The van der Waals surface area contributed by atoms with Gasteiger partial charge in [-0.2, -0.15) is 0 Å². The van der Waals surface area contributed by atoms with E-state index < -0.39 is 15.5 Å². The van der Waals surface area contributed by atoms with Gasteiger partial charge in [0.1, 0.15) is 6.04 Å². The van der Waals surface area contributed by atoms with Crippen molar-refractivity contribution in [3.63, 3.8) is 0 Å². The molecule has 0 radical (unpaired) electrons. The molecule has 5 fully saturated rings. The lowest BCUT2D eigenvalue weighted by Crippen LogP contribution is -2.68. The Kier molecular flexibility index (Phi) is 9.57. The van der Waals surface area contributed by atoms with Crippen LogP contribution >= 0.6 is 11.3 Å². The fourth-order valence-electron chi connectivity index (χ4n) is 14.5. The van der Waals surface area contributed by atoms with Crippen molar-refractivity contribution in [2.45, 2.75) is 111 Å². The van der Waals surface area contributed by atoms with Crippen LogP contribution < -0.4 is 5.32 Å². The van der Waals surface area contributed by atoms with Crippen molar-refractivity contribution in [1.29, 1.82) is 0 Å². The Morgan fingerprint density at radius 2 is 1.64 bits per heavy atom. The van der Waals surface area contributed by atoms with E-state index in [1.54, 1.807) is 23.5 Å². The zero-order chi connectivity index (χ0) is 39.3. The second-order valence-electron chi connectivity index (χ2n) is 20.1. The highest BCUT2D eigenvalue weighted by molar-refractivity contribution is 8.00. The first-order chi connectivity index (χ1) is 25.9. The summed E-state index contributed by atoms with van der Waals surface area (Å²) in [5.41, 5.74) is 4.35. The van der Waals surface area contributed by atoms with Crippen LogP contribution in [-0.2, 0) is 14.3 Å². The number of amides is 1. The van der Waals surface area contributed by atoms with Crippen molar-refractivity contribution in [2.24, 2.45) is 51.2 Å². The molecule has 10 atom stereocenters. The monoisotopic (exact) mass is 784 g/mol. The molecule has 55 heavy (non-hydrogen) atoms. The van der Waals surface area contributed by atoms with E-state index in [1.165, 1.54) is 36.8 Å². The first-order valence-electron chi connectivity index (χ1n) is 21.0. The fourth-order valence-corrected chi connectivity index (χ4v) is 16.7. The molecular formula is C47H64N2O4S2. The van der Waals surface area contributed by atoms with Gasteiger partial charge in [-0.15, -0.1) is 11.3 Å². The second kappa shape index (κ2) is 13.4. The number of carbonyl (C=O) groups is 2. The van der Waals surface area contributed by atoms with Crippen LogP contribution in [0.2, 0.25) is 0 Å². The van der Waals surface area contributed by atoms with E-state index in [1.807, 2.05) is 18.2 Å². The minimum Gasteiger partial charge on any atom is -0.478 e. The van der Waals surface area contributed by atoms with Gasteiger partial charge in [-0.1, -0.05) is 71.0 Å². The number of thiophene rings is 1. The molecule has 1 aromatic heterocycles. The molecular weight excluding hydrogens is 721 g/mol. The molecule has 4 saturated carbocycles. The van der Waals surface area contributed by atoms with Crippen LogP contribution in [0.15, 0.2) is 60.0 Å². The molecule has 5 aliphatic carbocycles. The number of rotatable bonds is 7. The van der Waals surface area contributed by atoms with Gasteiger partial charge in [0.05, 0.1) is 5.56 Å². The normalized spacial score (nSPS) is 39.7. The molecule has 0 spiro atoms. The van der Waals surface area contributed by atoms with E-state index in [0.717, 1.165) is 42.5 Å². The maximum absolute atomic E-state index is 14.9. The first kappa shape index (κ1) is 39.2. The van der Waals surface area contributed by atoms with Crippen LogP contribution in [0, 0.1) is 51.2 Å². The predicted molar refractivity (Wildman–Crippen MR) is 228 cm³/mol. The van der Waals surface area contributed by atoms with Crippen molar-refractivity contribution < 1.29 is 18.9 Å². The molecule has 2 N–H and O–H groups in total. The second-order valence-corrected chi connectivity index (χ2v) is 23.8. The Hall–Kier alpha value is -2.68. The van der Waals surface area contributed by atoms with E-state index in [-0.39, 0.29) is 39.1 Å². The number of nitrogens with one attached hydrogen (secondary N) is 1. The quantitative estimate of drug-likeness (QED) is 0.216. The van der Waals surface area contributed by atoms with Crippen LogP contribution in [0.1, 0.15) is 126 Å². The van der Waals surface area contributed by atoms with Gasteiger partial charge in [0.2, 0.25) is 5.91 Å². The van der Waals surface area contributed by atoms with Crippen molar-refractivity contribution in [3.8, 4) is 0 Å². The molecule has 0 bridgehead atoms. The maximum Gasteiger partial charge on any atom is 0.335 e. The van der Waals surface area contributed by atoms with Crippen LogP contribution in [0.25, 0.3) is 5.57 Å². The number of aromatic carboxylic acids is 1.